The van der Waals surface area contributed by atoms with Crippen LogP contribution in [0.5, 0.6) is 0 Å². The van der Waals surface area contributed by atoms with Gasteiger partial charge >= 0.3 is 0 Å². The summed E-state index contributed by atoms with van der Waals surface area (Å²) >= 11 is 1.72. The summed E-state index contributed by atoms with van der Waals surface area (Å²) in [6, 6.07) is 19.4. The van der Waals surface area contributed by atoms with E-state index in [2.05, 4.69) is 105 Å². The lowest BCUT2D eigenvalue weighted by molar-refractivity contribution is 0.402. The fraction of sp³-hybridized carbons (Fsp3) is 0.111. The first-order valence-electron chi connectivity index (χ1n) is 10.9. The van der Waals surface area contributed by atoms with Gasteiger partial charge in [-0.3, -0.25) is 10.1 Å². The Morgan fingerprint density at radius 3 is 2.67 bits per heavy atom. The molecule has 0 amide bonds. The van der Waals surface area contributed by atoms with Crippen molar-refractivity contribution in [1.29, 1.82) is 0 Å². The predicted molar refractivity (Wildman–Crippen MR) is 137 cm³/mol. The van der Waals surface area contributed by atoms with Gasteiger partial charge in [0, 0.05) is 40.8 Å². The first-order valence-corrected chi connectivity index (χ1v) is 11.8. The van der Waals surface area contributed by atoms with Gasteiger partial charge in [-0.1, -0.05) is 18.2 Å². The van der Waals surface area contributed by atoms with Crippen LogP contribution < -0.4 is 0 Å². The predicted octanol–water partition coefficient (Wildman–Crippen LogP) is 6.56. The number of H-pyrrole nitrogens is 2. The second kappa shape index (κ2) is 7.99. The van der Waals surface area contributed by atoms with Gasteiger partial charge in [-0.2, -0.15) is 16.4 Å². The minimum Gasteiger partial charge on any atom is -0.353 e. The maximum atomic E-state index is 4.67. The van der Waals surface area contributed by atoms with Crippen molar-refractivity contribution in [2.45, 2.75) is 6.54 Å². The number of rotatable bonds is 5. The number of benzene rings is 2. The van der Waals surface area contributed by atoms with E-state index in [1.54, 1.807) is 11.3 Å². The van der Waals surface area contributed by atoms with Gasteiger partial charge in [-0.25, -0.2) is 0 Å². The summed E-state index contributed by atoms with van der Waals surface area (Å²) in [5.41, 5.74) is 9.99. The van der Waals surface area contributed by atoms with Crippen molar-refractivity contribution in [3.8, 4) is 33.6 Å². The Morgan fingerprint density at radius 1 is 0.879 bits per heavy atom. The molecule has 6 aromatic rings. The molecule has 162 valence electrons. The van der Waals surface area contributed by atoms with Crippen LogP contribution in [-0.4, -0.2) is 39.2 Å². The molecule has 5 nitrogen and oxygen atoms in total. The van der Waals surface area contributed by atoms with Crippen molar-refractivity contribution in [3.63, 3.8) is 0 Å². The van der Waals surface area contributed by atoms with Gasteiger partial charge in [0.2, 0.25) is 0 Å². The van der Waals surface area contributed by atoms with Gasteiger partial charge in [-0.15, -0.1) is 0 Å². The Kier molecular flexibility index (Phi) is 4.82. The highest BCUT2D eigenvalue weighted by molar-refractivity contribution is 7.08. The molecule has 0 aliphatic rings. The van der Waals surface area contributed by atoms with Crippen LogP contribution in [0.25, 0.3) is 55.4 Å². The van der Waals surface area contributed by atoms with Crippen LogP contribution in [0.4, 0.5) is 0 Å². The summed E-state index contributed by atoms with van der Waals surface area (Å²) in [6.45, 7) is 0.863. The largest absolute Gasteiger partial charge is 0.353 e. The molecule has 6 rings (SSSR count). The van der Waals surface area contributed by atoms with Crippen LogP contribution in [0.1, 0.15) is 5.56 Å². The van der Waals surface area contributed by atoms with Gasteiger partial charge in [-0.05, 0) is 83.5 Å². The van der Waals surface area contributed by atoms with Crippen LogP contribution in [0, 0.1) is 0 Å². The van der Waals surface area contributed by atoms with Gasteiger partial charge in [0.25, 0.3) is 0 Å². The minimum absolute atomic E-state index is 0.863. The van der Waals surface area contributed by atoms with Crippen LogP contribution in [0.3, 0.4) is 0 Å². The molecule has 0 saturated heterocycles. The molecule has 0 atom stereocenters. The van der Waals surface area contributed by atoms with E-state index in [1.807, 2.05) is 12.4 Å². The van der Waals surface area contributed by atoms with Crippen LogP contribution in [0.15, 0.2) is 77.8 Å². The number of nitrogens with one attached hydrogen (secondary N) is 2. The average molecular weight is 450 g/mol. The molecule has 4 heterocycles. The molecule has 6 heteroatoms. The van der Waals surface area contributed by atoms with Crippen LogP contribution in [-0.2, 0) is 6.54 Å². The molecule has 0 aliphatic heterocycles. The van der Waals surface area contributed by atoms with Gasteiger partial charge in [0.1, 0.15) is 5.69 Å². The summed E-state index contributed by atoms with van der Waals surface area (Å²) < 4.78 is 0. The number of aromatic amines is 2. The number of fused-ring (bicyclic) bond motifs is 2. The van der Waals surface area contributed by atoms with E-state index >= 15 is 0 Å². The summed E-state index contributed by atoms with van der Waals surface area (Å²) in [7, 11) is 4.14. The second-order valence-corrected chi connectivity index (χ2v) is 9.39. The number of hydrogen-bond donors (Lipinski definition) is 2. The lowest BCUT2D eigenvalue weighted by Gasteiger charge is -2.10. The summed E-state index contributed by atoms with van der Waals surface area (Å²) in [5.74, 6) is 0. The number of pyridine rings is 1. The molecular weight excluding hydrogens is 426 g/mol. The van der Waals surface area contributed by atoms with Gasteiger partial charge < -0.3 is 9.88 Å². The van der Waals surface area contributed by atoms with E-state index in [-0.39, 0.29) is 0 Å². The normalized spacial score (nSPS) is 11.7. The maximum absolute atomic E-state index is 4.67. The zero-order chi connectivity index (χ0) is 22.4. The third-order valence-electron chi connectivity index (χ3n) is 5.94. The minimum atomic E-state index is 0.863. The smallest absolute Gasteiger partial charge is 0.116 e. The number of nitrogens with zero attached hydrogens (tertiary/aromatic N) is 3. The van der Waals surface area contributed by atoms with Gasteiger partial charge in [0.15, 0.2) is 0 Å². The average Bonchev–Trinajstić information content (AvgIpc) is 3.57. The molecule has 0 spiro atoms. The SMILES string of the molecule is CN(C)Cc1cncc(-c2ccc3[nH]nc(-c4cc5c(-c6ccsc6)cccc5[nH]4)c3c2)c1. The zero-order valence-electron chi connectivity index (χ0n) is 18.5. The molecule has 0 bridgehead atoms. The molecule has 0 unspecified atom stereocenters. The molecule has 4 aromatic heterocycles. The van der Waals surface area contributed by atoms with E-state index in [0.717, 1.165) is 45.5 Å². The standard InChI is InChI=1S/C27H23N5S/c1-32(2)15-17-10-20(14-28-13-17)18-6-7-25-23(11-18)27(31-30-25)26-12-22-21(19-8-9-33-16-19)4-3-5-24(22)29-26/h3-14,16,29H,15H2,1-2H3,(H,30,31). The highest BCUT2D eigenvalue weighted by atomic mass is 32.1. The van der Waals surface area contributed by atoms with Gasteiger partial charge in [0.05, 0.1) is 11.2 Å². The zero-order valence-corrected chi connectivity index (χ0v) is 19.3. The fourth-order valence-corrected chi connectivity index (χ4v) is 5.10. The first kappa shape index (κ1) is 19.9. The van der Waals surface area contributed by atoms with Crippen molar-refractivity contribution in [1.82, 2.24) is 25.1 Å². The van der Waals surface area contributed by atoms with Crippen molar-refractivity contribution in [2.24, 2.45) is 0 Å². The molecule has 33 heavy (non-hydrogen) atoms. The summed E-state index contributed by atoms with van der Waals surface area (Å²) in [6.07, 6.45) is 3.86. The molecule has 2 aromatic carbocycles. The molecule has 2 N–H and O–H groups in total. The van der Waals surface area contributed by atoms with Crippen LogP contribution in [0.2, 0.25) is 0 Å². The molecule has 0 radical (unpaired) electrons. The molecule has 0 fully saturated rings. The van der Waals surface area contributed by atoms with Crippen molar-refractivity contribution in [2.75, 3.05) is 14.1 Å². The van der Waals surface area contributed by atoms with E-state index < -0.39 is 0 Å². The Hall–Kier alpha value is -3.74. The van der Waals surface area contributed by atoms with E-state index in [0.29, 0.717) is 0 Å². The first-order chi connectivity index (χ1) is 16.2. The van der Waals surface area contributed by atoms with E-state index in [4.69, 9.17) is 0 Å². The lowest BCUT2D eigenvalue weighted by Crippen LogP contribution is -2.10. The summed E-state index contributed by atoms with van der Waals surface area (Å²) in [5, 5.41) is 14.5. The second-order valence-electron chi connectivity index (χ2n) is 8.61. The quantitative estimate of drug-likeness (QED) is 0.313. The number of hydrogen-bond acceptors (Lipinski definition) is 4. The number of aromatic nitrogens is 4. The molecular formula is C27H23N5S. The Labute approximate surface area is 195 Å². The van der Waals surface area contributed by atoms with Crippen molar-refractivity contribution < 1.29 is 0 Å². The Bertz CT molecular complexity index is 1570. The highest BCUT2D eigenvalue weighted by Crippen LogP contribution is 2.35. The third kappa shape index (κ3) is 3.63. The maximum Gasteiger partial charge on any atom is 0.116 e. The van der Waals surface area contributed by atoms with Crippen molar-refractivity contribution >= 4 is 33.1 Å². The lowest BCUT2D eigenvalue weighted by atomic mass is 10.0. The fourth-order valence-electron chi connectivity index (χ4n) is 4.45. The topological polar surface area (TPSA) is 60.6 Å². The highest BCUT2D eigenvalue weighted by Gasteiger charge is 2.14. The summed E-state index contributed by atoms with van der Waals surface area (Å²) in [4.78, 5) is 10.2. The molecule has 0 aliphatic carbocycles. The van der Waals surface area contributed by atoms with E-state index in [1.165, 1.54) is 22.1 Å². The molecule has 0 saturated carbocycles. The monoisotopic (exact) mass is 449 g/mol. The third-order valence-corrected chi connectivity index (χ3v) is 6.62. The van der Waals surface area contributed by atoms with Crippen LogP contribution >= 0.6 is 11.3 Å². The Balaban J connectivity index is 1.45. The number of thiophene rings is 1. The van der Waals surface area contributed by atoms with E-state index in [9.17, 15) is 0 Å². The Morgan fingerprint density at radius 2 is 1.82 bits per heavy atom. The van der Waals surface area contributed by atoms with Crippen molar-refractivity contribution in [3.05, 3.63) is 83.3 Å².